The van der Waals surface area contributed by atoms with Gasteiger partial charge in [0.05, 0.1) is 18.5 Å². The first kappa shape index (κ1) is 16.2. The summed E-state index contributed by atoms with van der Waals surface area (Å²) in [6.07, 6.45) is 0. The van der Waals surface area contributed by atoms with Crippen molar-refractivity contribution in [3.05, 3.63) is 84.4 Å². The third-order valence-electron chi connectivity index (χ3n) is 4.45. The van der Waals surface area contributed by atoms with Crippen LogP contribution in [0.1, 0.15) is 5.56 Å². The highest BCUT2D eigenvalue weighted by atomic mass is 16.5. The molecule has 0 saturated heterocycles. The third-order valence-corrected chi connectivity index (χ3v) is 4.45. The van der Waals surface area contributed by atoms with E-state index in [1.807, 2.05) is 42.5 Å². The Balaban J connectivity index is 1.85. The SMILES string of the molecule is COc1ccc(-c2nc(-c3ccccc3)c(-c3ccc(C)cc3)[nH]2)cc1. The fraction of sp³-hybridized carbons (Fsp3) is 0.0870. The molecule has 0 amide bonds. The average Bonchev–Trinajstić information content (AvgIpc) is 3.15. The number of nitrogens with one attached hydrogen (secondary N) is 1. The Kier molecular flexibility index (Phi) is 4.28. The van der Waals surface area contributed by atoms with E-state index in [9.17, 15) is 0 Å². The smallest absolute Gasteiger partial charge is 0.138 e. The predicted molar refractivity (Wildman–Crippen MR) is 106 cm³/mol. The van der Waals surface area contributed by atoms with Crippen molar-refractivity contribution in [1.82, 2.24) is 9.97 Å². The summed E-state index contributed by atoms with van der Waals surface area (Å²) in [5.74, 6) is 1.68. The summed E-state index contributed by atoms with van der Waals surface area (Å²) in [5, 5.41) is 0. The Hall–Kier alpha value is -3.33. The fourth-order valence-corrected chi connectivity index (χ4v) is 2.99. The van der Waals surface area contributed by atoms with Gasteiger partial charge < -0.3 is 9.72 Å². The monoisotopic (exact) mass is 340 g/mol. The Bertz CT molecular complexity index is 1000. The maximum absolute atomic E-state index is 5.25. The van der Waals surface area contributed by atoms with Gasteiger partial charge in [0.1, 0.15) is 11.6 Å². The molecule has 0 fully saturated rings. The van der Waals surface area contributed by atoms with Crippen molar-refractivity contribution in [3.8, 4) is 39.7 Å². The van der Waals surface area contributed by atoms with Crippen LogP contribution >= 0.6 is 0 Å². The molecule has 4 rings (SSSR count). The van der Waals surface area contributed by atoms with Crippen LogP contribution in [0.25, 0.3) is 33.9 Å². The van der Waals surface area contributed by atoms with Crippen LogP contribution in [0.2, 0.25) is 0 Å². The first-order valence-electron chi connectivity index (χ1n) is 8.61. The number of imidazole rings is 1. The molecule has 0 radical (unpaired) electrons. The second-order valence-corrected chi connectivity index (χ2v) is 6.27. The first-order valence-corrected chi connectivity index (χ1v) is 8.61. The number of methoxy groups -OCH3 is 1. The highest BCUT2D eigenvalue weighted by Crippen LogP contribution is 2.33. The molecule has 3 heteroatoms. The van der Waals surface area contributed by atoms with Crippen molar-refractivity contribution < 1.29 is 4.74 Å². The highest BCUT2D eigenvalue weighted by Gasteiger charge is 2.15. The molecular weight excluding hydrogens is 320 g/mol. The molecule has 0 aliphatic carbocycles. The summed E-state index contributed by atoms with van der Waals surface area (Å²) in [6, 6.07) is 26.7. The minimum Gasteiger partial charge on any atom is -0.497 e. The van der Waals surface area contributed by atoms with E-state index in [4.69, 9.17) is 9.72 Å². The summed E-state index contributed by atoms with van der Waals surface area (Å²) in [5.41, 5.74) is 6.48. The zero-order chi connectivity index (χ0) is 17.9. The Morgan fingerprint density at radius 2 is 1.38 bits per heavy atom. The first-order chi connectivity index (χ1) is 12.7. The molecule has 128 valence electrons. The summed E-state index contributed by atoms with van der Waals surface area (Å²) in [7, 11) is 1.67. The van der Waals surface area contributed by atoms with E-state index >= 15 is 0 Å². The molecule has 1 N–H and O–H groups in total. The van der Waals surface area contributed by atoms with Crippen LogP contribution in [0, 0.1) is 6.92 Å². The molecule has 0 aliphatic rings. The minimum absolute atomic E-state index is 0.836. The molecule has 3 nitrogen and oxygen atoms in total. The zero-order valence-corrected chi connectivity index (χ0v) is 14.9. The van der Waals surface area contributed by atoms with Gasteiger partial charge in [0.15, 0.2) is 0 Å². The second-order valence-electron chi connectivity index (χ2n) is 6.27. The minimum atomic E-state index is 0.836. The average molecular weight is 340 g/mol. The summed E-state index contributed by atoms with van der Waals surface area (Å²) < 4.78 is 5.25. The molecule has 0 spiro atoms. The molecule has 0 aliphatic heterocycles. The van der Waals surface area contributed by atoms with Crippen LogP contribution in [0.15, 0.2) is 78.9 Å². The Morgan fingerprint density at radius 3 is 2.04 bits per heavy atom. The number of H-pyrrole nitrogens is 1. The van der Waals surface area contributed by atoms with Crippen LogP contribution in [0.3, 0.4) is 0 Å². The van der Waals surface area contributed by atoms with Gasteiger partial charge >= 0.3 is 0 Å². The molecule has 26 heavy (non-hydrogen) atoms. The molecular formula is C23H20N2O. The number of benzene rings is 3. The van der Waals surface area contributed by atoms with Crippen molar-refractivity contribution in [2.75, 3.05) is 7.11 Å². The Labute approximate surface area is 153 Å². The summed E-state index contributed by atoms with van der Waals surface area (Å²) >= 11 is 0. The molecule has 1 aromatic heterocycles. The largest absolute Gasteiger partial charge is 0.497 e. The lowest BCUT2D eigenvalue weighted by Crippen LogP contribution is -1.84. The number of aromatic nitrogens is 2. The topological polar surface area (TPSA) is 37.9 Å². The van der Waals surface area contributed by atoms with Gasteiger partial charge in [-0.3, -0.25) is 0 Å². The van der Waals surface area contributed by atoms with Crippen molar-refractivity contribution >= 4 is 0 Å². The standard InChI is InChI=1S/C23H20N2O/c1-16-8-10-18(11-9-16)22-21(17-6-4-3-5-7-17)24-23(25-22)19-12-14-20(26-2)15-13-19/h3-15H,1-2H3,(H,24,25). The molecule has 3 aromatic carbocycles. The number of hydrogen-bond acceptors (Lipinski definition) is 2. The van der Waals surface area contributed by atoms with Crippen LogP contribution in [-0.4, -0.2) is 17.1 Å². The molecule has 0 atom stereocenters. The van der Waals surface area contributed by atoms with Crippen molar-refractivity contribution in [2.24, 2.45) is 0 Å². The van der Waals surface area contributed by atoms with E-state index in [0.29, 0.717) is 0 Å². The van der Waals surface area contributed by atoms with E-state index in [1.54, 1.807) is 7.11 Å². The molecule has 0 unspecified atom stereocenters. The molecule has 0 bridgehead atoms. The van der Waals surface area contributed by atoms with Gasteiger partial charge in [0, 0.05) is 16.7 Å². The van der Waals surface area contributed by atoms with Crippen molar-refractivity contribution in [3.63, 3.8) is 0 Å². The zero-order valence-electron chi connectivity index (χ0n) is 14.9. The number of aromatic amines is 1. The quantitative estimate of drug-likeness (QED) is 0.515. The highest BCUT2D eigenvalue weighted by molar-refractivity contribution is 5.81. The van der Waals surface area contributed by atoms with Gasteiger partial charge in [-0.25, -0.2) is 4.98 Å². The maximum Gasteiger partial charge on any atom is 0.138 e. The number of aryl methyl sites for hydroxylation is 1. The van der Waals surface area contributed by atoms with Gasteiger partial charge in [-0.1, -0.05) is 60.2 Å². The normalized spacial score (nSPS) is 10.7. The lowest BCUT2D eigenvalue weighted by Gasteiger charge is -2.03. The van der Waals surface area contributed by atoms with Crippen LogP contribution in [0.4, 0.5) is 0 Å². The van der Waals surface area contributed by atoms with Crippen molar-refractivity contribution in [2.45, 2.75) is 6.92 Å². The van der Waals surface area contributed by atoms with Gasteiger partial charge in [0.2, 0.25) is 0 Å². The summed E-state index contributed by atoms with van der Waals surface area (Å²) in [6.45, 7) is 2.09. The van der Waals surface area contributed by atoms with Gasteiger partial charge in [-0.15, -0.1) is 0 Å². The number of rotatable bonds is 4. The van der Waals surface area contributed by atoms with Crippen LogP contribution in [-0.2, 0) is 0 Å². The van der Waals surface area contributed by atoms with E-state index in [0.717, 1.165) is 39.7 Å². The Morgan fingerprint density at radius 1 is 0.731 bits per heavy atom. The van der Waals surface area contributed by atoms with E-state index < -0.39 is 0 Å². The van der Waals surface area contributed by atoms with Gasteiger partial charge in [0.25, 0.3) is 0 Å². The summed E-state index contributed by atoms with van der Waals surface area (Å²) in [4.78, 5) is 8.43. The number of hydrogen-bond donors (Lipinski definition) is 1. The predicted octanol–water partition coefficient (Wildman–Crippen LogP) is 5.73. The molecule has 0 saturated carbocycles. The van der Waals surface area contributed by atoms with Gasteiger partial charge in [-0.05, 0) is 31.2 Å². The van der Waals surface area contributed by atoms with E-state index in [1.165, 1.54) is 5.56 Å². The molecule has 4 aromatic rings. The fourth-order valence-electron chi connectivity index (χ4n) is 2.99. The van der Waals surface area contributed by atoms with E-state index in [-0.39, 0.29) is 0 Å². The molecule has 1 heterocycles. The number of nitrogens with zero attached hydrogens (tertiary/aromatic N) is 1. The second kappa shape index (κ2) is 6.89. The van der Waals surface area contributed by atoms with E-state index in [2.05, 4.69) is 48.3 Å². The third kappa shape index (κ3) is 3.11. The number of ether oxygens (including phenoxy) is 1. The van der Waals surface area contributed by atoms with Gasteiger partial charge in [-0.2, -0.15) is 0 Å². The van der Waals surface area contributed by atoms with Crippen molar-refractivity contribution in [1.29, 1.82) is 0 Å². The maximum atomic E-state index is 5.25. The lowest BCUT2D eigenvalue weighted by atomic mass is 10.0. The lowest BCUT2D eigenvalue weighted by molar-refractivity contribution is 0.415. The van der Waals surface area contributed by atoms with Crippen LogP contribution in [0.5, 0.6) is 5.75 Å². The van der Waals surface area contributed by atoms with Crippen LogP contribution < -0.4 is 4.74 Å².